The summed E-state index contributed by atoms with van der Waals surface area (Å²) >= 11 is 0. The van der Waals surface area contributed by atoms with Gasteiger partial charge in [-0.05, 0) is 29.7 Å². The van der Waals surface area contributed by atoms with Crippen molar-refractivity contribution in [1.82, 2.24) is 9.88 Å². The van der Waals surface area contributed by atoms with Gasteiger partial charge in [-0.15, -0.1) is 0 Å². The predicted octanol–water partition coefficient (Wildman–Crippen LogP) is 4.94. The fourth-order valence-electron chi connectivity index (χ4n) is 4.27. The molecule has 1 aliphatic rings. The number of hydrogen-bond donors (Lipinski definition) is 1. The highest BCUT2D eigenvalue weighted by Gasteiger charge is 2.43. The van der Waals surface area contributed by atoms with Crippen molar-refractivity contribution in [1.29, 1.82) is 0 Å². The van der Waals surface area contributed by atoms with E-state index in [4.69, 9.17) is 9.47 Å². The lowest BCUT2D eigenvalue weighted by Crippen LogP contribution is -2.49. The second kappa shape index (κ2) is 9.40. The molecule has 1 N–H and O–H groups in total. The van der Waals surface area contributed by atoms with Gasteiger partial charge in [0.25, 0.3) is 0 Å². The Kier molecular flexibility index (Phi) is 6.42. The second-order valence-electron chi connectivity index (χ2n) is 8.03. The van der Waals surface area contributed by atoms with E-state index in [1.165, 1.54) is 0 Å². The largest absolute Gasteiger partial charge is 0.481 e. The van der Waals surface area contributed by atoms with Crippen LogP contribution < -0.4 is 4.74 Å². The smallest absolute Gasteiger partial charge is 0.411 e. The average Bonchev–Trinajstić information content (AvgIpc) is 2.85. The molecular weight excluding hydrogens is 404 g/mol. The van der Waals surface area contributed by atoms with Crippen LogP contribution in [-0.4, -0.2) is 41.3 Å². The number of carbonyl (C=O) groups excluding carboxylic acids is 1. The summed E-state index contributed by atoms with van der Waals surface area (Å²) in [4.78, 5) is 19.0. The Morgan fingerprint density at radius 1 is 1.09 bits per heavy atom. The molecule has 2 aromatic carbocycles. The van der Waals surface area contributed by atoms with Crippen molar-refractivity contribution in [2.24, 2.45) is 0 Å². The first-order valence-corrected chi connectivity index (χ1v) is 10.8. The van der Waals surface area contributed by atoms with Crippen molar-refractivity contribution in [2.45, 2.75) is 31.4 Å². The molecule has 0 spiro atoms. The van der Waals surface area contributed by atoms with Gasteiger partial charge >= 0.3 is 6.09 Å². The summed E-state index contributed by atoms with van der Waals surface area (Å²) in [7, 11) is 1.59. The first kappa shape index (κ1) is 21.8. The Morgan fingerprint density at radius 3 is 2.41 bits per heavy atom. The topological polar surface area (TPSA) is 71.9 Å². The molecule has 0 bridgehead atoms. The number of hydrogen-bond acceptors (Lipinski definition) is 5. The van der Waals surface area contributed by atoms with Crippen LogP contribution in [0.4, 0.5) is 4.79 Å². The monoisotopic (exact) mass is 432 g/mol. The minimum Gasteiger partial charge on any atom is -0.481 e. The van der Waals surface area contributed by atoms with E-state index in [9.17, 15) is 9.90 Å². The van der Waals surface area contributed by atoms with Gasteiger partial charge in [-0.25, -0.2) is 9.78 Å². The number of ether oxygens (including phenoxy) is 2. The minimum atomic E-state index is -0.783. The number of cyclic esters (lactones) is 1. The molecule has 3 aromatic rings. The van der Waals surface area contributed by atoms with E-state index in [0.29, 0.717) is 25.3 Å². The molecular formula is C26H28N2O4. The van der Waals surface area contributed by atoms with Gasteiger partial charge in [0.2, 0.25) is 5.88 Å². The van der Waals surface area contributed by atoms with E-state index in [-0.39, 0.29) is 18.7 Å². The van der Waals surface area contributed by atoms with E-state index < -0.39 is 5.60 Å². The maximum Gasteiger partial charge on any atom is 0.411 e. The zero-order valence-electron chi connectivity index (χ0n) is 18.4. The molecule has 0 saturated carbocycles. The first-order chi connectivity index (χ1) is 15.6. The van der Waals surface area contributed by atoms with Crippen LogP contribution in [0, 0.1) is 0 Å². The molecule has 6 heteroatoms. The van der Waals surface area contributed by atoms with Gasteiger partial charge in [-0.3, -0.25) is 0 Å². The van der Waals surface area contributed by atoms with Crippen LogP contribution in [0.5, 0.6) is 5.88 Å². The third-order valence-electron chi connectivity index (χ3n) is 6.23. The number of pyridine rings is 1. The van der Waals surface area contributed by atoms with E-state index in [1.54, 1.807) is 18.2 Å². The molecule has 1 saturated heterocycles. The van der Waals surface area contributed by atoms with Crippen LogP contribution in [0.3, 0.4) is 0 Å². The molecule has 2 heterocycles. The molecule has 32 heavy (non-hydrogen) atoms. The van der Waals surface area contributed by atoms with Gasteiger partial charge < -0.3 is 19.5 Å². The number of methoxy groups -OCH3 is 1. The Morgan fingerprint density at radius 2 is 1.81 bits per heavy atom. The first-order valence-electron chi connectivity index (χ1n) is 10.8. The van der Waals surface area contributed by atoms with E-state index in [0.717, 1.165) is 22.3 Å². The average molecular weight is 433 g/mol. The molecule has 1 aliphatic heterocycles. The fraction of sp³-hybridized carbons (Fsp3) is 0.308. The number of rotatable bonds is 7. The summed E-state index contributed by atoms with van der Waals surface area (Å²) in [5.74, 6) is 0.579. The highest BCUT2D eigenvalue weighted by atomic mass is 16.6. The number of aliphatic hydroxyl groups is 1. The van der Waals surface area contributed by atoms with Gasteiger partial charge in [-0.2, -0.15) is 0 Å². The number of aliphatic hydroxyl groups excluding tert-OH is 1. The molecule has 0 aliphatic carbocycles. The Balaban J connectivity index is 1.49. The third kappa shape index (κ3) is 4.32. The van der Waals surface area contributed by atoms with Gasteiger partial charge in [-0.1, -0.05) is 54.6 Å². The summed E-state index contributed by atoms with van der Waals surface area (Å²) < 4.78 is 11.1. The number of carbonyl (C=O) groups is 1. The van der Waals surface area contributed by atoms with E-state index in [1.807, 2.05) is 73.7 Å². The summed E-state index contributed by atoms with van der Waals surface area (Å²) in [6.45, 7) is 2.52. The number of benzene rings is 2. The summed E-state index contributed by atoms with van der Waals surface area (Å²) in [5.41, 5.74) is 3.21. The standard InChI is InChI=1S/C26H28N2O4/c1-19(20-8-10-21(11-9-20)22-12-13-24(31-2)27-18-22)28-16-14-26(15-17-29,32-25(28)30)23-6-4-3-5-7-23/h3-13,18-19,29H,14-17H2,1-2H3/t19-,26?/m0/s1. The Hall–Kier alpha value is -3.38. The lowest BCUT2D eigenvalue weighted by atomic mass is 9.85. The SMILES string of the molecule is COc1ccc(-c2ccc([C@H](C)N3CCC(CCO)(c4ccccc4)OC3=O)cc2)cn1. The molecule has 1 amide bonds. The van der Waals surface area contributed by atoms with Crippen molar-refractivity contribution in [3.8, 4) is 17.0 Å². The normalized spacial score (nSPS) is 19.3. The van der Waals surface area contributed by atoms with Crippen LogP contribution in [0.25, 0.3) is 11.1 Å². The molecule has 2 atom stereocenters. The summed E-state index contributed by atoms with van der Waals surface area (Å²) in [6.07, 6.45) is 2.44. The lowest BCUT2D eigenvalue weighted by Gasteiger charge is -2.43. The van der Waals surface area contributed by atoms with Gasteiger partial charge in [0, 0.05) is 43.8 Å². The zero-order chi connectivity index (χ0) is 22.6. The molecule has 4 rings (SSSR count). The Labute approximate surface area is 188 Å². The van der Waals surface area contributed by atoms with Crippen LogP contribution in [0.1, 0.15) is 36.9 Å². The Bertz CT molecular complexity index is 1040. The molecule has 1 unspecified atom stereocenters. The number of amides is 1. The van der Waals surface area contributed by atoms with Gasteiger partial charge in [0.1, 0.15) is 5.60 Å². The van der Waals surface area contributed by atoms with Crippen LogP contribution in [0.15, 0.2) is 72.9 Å². The molecule has 1 aromatic heterocycles. The van der Waals surface area contributed by atoms with Crippen molar-refractivity contribution >= 4 is 6.09 Å². The van der Waals surface area contributed by atoms with Gasteiger partial charge in [0.15, 0.2) is 0 Å². The van der Waals surface area contributed by atoms with E-state index in [2.05, 4.69) is 4.98 Å². The van der Waals surface area contributed by atoms with Crippen LogP contribution >= 0.6 is 0 Å². The van der Waals surface area contributed by atoms with Crippen molar-refractivity contribution in [3.63, 3.8) is 0 Å². The lowest BCUT2D eigenvalue weighted by molar-refractivity contribution is -0.0718. The third-order valence-corrected chi connectivity index (χ3v) is 6.23. The fourth-order valence-corrected chi connectivity index (χ4v) is 4.27. The quantitative estimate of drug-likeness (QED) is 0.573. The second-order valence-corrected chi connectivity index (χ2v) is 8.03. The van der Waals surface area contributed by atoms with Crippen molar-refractivity contribution in [3.05, 3.63) is 84.1 Å². The van der Waals surface area contributed by atoms with Crippen molar-refractivity contribution < 1.29 is 19.4 Å². The minimum absolute atomic E-state index is 0.0423. The zero-order valence-corrected chi connectivity index (χ0v) is 18.4. The summed E-state index contributed by atoms with van der Waals surface area (Å²) in [5, 5.41) is 9.62. The van der Waals surface area contributed by atoms with Crippen LogP contribution in [-0.2, 0) is 10.3 Å². The maximum atomic E-state index is 13.0. The maximum absolute atomic E-state index is 13.0. The molecule has 6 nitrogen and oxygen atoms in total. The van der Waals surface area contributed by atoms with Crippen molar-refractivity contribution in [2.75, 3.05) is 20.3 Å². The summed E-state index contributed by atoms with van der Waals surface area (Å²) in [6, 6.07) is 21.5. The van der Waals surface area contributed by atoms with Gasteiger partial charge in [0.05, 0.1) is 13.2 Å². The highest BCUT2D eigenvalue weighted by Crippen LogP contribution is 2.39. The molecule has 0 radical (unpaired) electrons. The van der Waals surface area contributed by atoms with E-state index >= 15 is 0 Å². The number of nitrogens with zero attached hydrogens (tertiary/aromatic N) is 2. The molecule has 1 fully saturated rings. The number of aromatic nitrogens is 1. The molecule has 166 valence electrons. The highest BCUT2D eigenvalue weighted by molar-refractivity contribution is 5.70. The van der Waals surface area contributed by atoms with Crippen LogP contribution in [0.2, 0.25) is 0 Å². The predicted molar refractivity (Wildman–Crippen MR) is 122 cm³/mol.